The fourth-order valence-corrected chi connectivity index (χ4v) is 2.66. The summed E-state index contributed by atoms with van der Waals surface area (Å²) in [6.07, 6.45) is -0.412. The molecule has 1 fully saturated rings. The Kier molecular flexibility index (Phi) is 3.78. The molecule has 114 valence electrons. The van der Waals surface area contributed by atoms with Gasteiger partial charge in [0, 0.05) is 26.6 Å². The molecule has 0 radical (unpaired) electrons. The molecule has 8 nitrogen and oxygen atoms in total. The summed E-state index contributed by atoms with van der Waals surface area (Å²) in [5.74, 6) is -0.0573. The van der Waals surface area contributed by atoms with Gasteiger partial charge in [0.2, 0.25) is 5.91 Å². The quantitative estimate of drug-likeness (QED) is 0.777. The van der Waals surface area contributed by atoms with Crippen LogP contribution in [0.15, 0.2) is 6.07 Å². The molecule has 8 heteroatoms. The Balaban J connectivity index is 1.57. The van der Waals surface area contributed by atoms with E-state index in [1.807, 2.05) is 10.7 Å². The number of alkyl carbamates (subject to hydrolysis) is 1. The summed E-state index contributed by atoms with van der Waals surface area (Å²) in [5.41, 5.74) is 2.00. The highest BCUT2D eigenvalue weighted by Gasteiger charge is 2.27. The van der Waals surface area contributed by atoms with E-state index in [0.717, 1.165) is 37.6 Å². The van der Waals surface area contributed by atoms with E-state index in [2.05, 4.69) is 20.6 Å². The number of aromatic nitrogens is 2. The van der Waals surface area contributed by atoms with Crippen LogP contribution in [0.3, 0.4) is 0 Å². The second kappa shape index (κ2) is 5.72. The average Bonchev–Trinajstić information content (AvgIpc) is 3.02. The van der Waals surface area contributed by atoms with Gasteiger partial charge in [0.25, 0.3) is 0 Å². The summed E-state index contributed by atoms with van der Waals surface area (Å²) in [7, 11) is 0. The molecule has 2 amide bonds. The fourth-order valence-electron chi connectivity index (χ4n) is 2.66. The third kappa shape index (κ3) is 3.33. The molecule has 1 aromatic rings. The molecule has 21 heavy (non-hydrogen) atoms. The lowest BCUT2D eigenvalue weighted by Gasteiger charge is -2.28. The van der Waals surface area contributed by atoms with Gasteiger partial charge in [-0.15, -0.1) is 0 Å². The SMILES string of the molecule is CC(=O)NCc1cc2n(n1)CCN(CC1CNC(=O)O1)C2. The summed E-state index contributed by atoms with van der Waals surface area (Å²) >= 11 is 0. The number of cyclic esters (lactones) is 1. The minimum atomic E-state index is -0.334. The van der Waals surface area contributed by atoms with Gasteiger partial charge in [0.1, 0.15) is 6.10 Å². The van der Waals surface area contributed by atoms with Crippen molar-refractivity contribution >= 4 is 12.0 Å². The molecule has 3 rings (SSSR count). The zero-order chi connectivity index (χ0) is 14.8. The number of nitrogens with one attached hydrogen (secondary N) is 2. The van der Waals surface area contributed by atoms with E-state index in [-0.39, 0.29) is 18.1 Å². The summed E-state index contributed by atoms with van der Waals surface area (Å²) in [4.78, 5) is 24.2. The van der Waals surface area contributed by atoms with Crippen molar-refractivity contribution in [1.29, 1.82) is 0 Å². The van der Waals surface area contributed by atoms with Crippen molar-refractivity contribution in [3.05, 3.63) is 17.5 Å². The van der Waals surface area contributed by atoms with Crippen LogP contribution in [-0.2, 0) is 29.2 Å². The highest BCUT2D eigenvalue weighted by atomic mass is 16.6. The summed E-state index contributed by atoms with van der Waals surface area (Å²) in [6, 6.07) is 2.01. The first-order chi connectivity index (χ1) is 10.1. The van der Waals surface area contributed by atoms with Crippen LogP contribution >= 0.6 is 0 Å². The van der Waals surface area contributed by atoms with E-state index < -0.39 is 0 Å². The Hall–Kier alpha value is -2.09. The maximum absolute atomic E-state index is 11.0. The van der Waals surface area contributed by atoms with Crippen LogP contribution in [0.1, 0.15) is 18.3 Å². The largest absolute Gasteiger partial charge is 0.443 e. The van der Waals surface area contributed by atoms with Gasteiger partial charge in [-0.05, 0) is 6.07 Å². The normalized spacial score (nSPS) is 21.6. The van der Waals surface area contributed by atoms with E-state index in [9.17, 15) is 9.59 Å². The molecular formula is C13H19N5O3. The van der Waals surface area contributed by atoms with Crippen molar-refractivity contribution in [1.82, 2.24) is 25.3 Å². The molecule has 0 bridgehead atoms. The van der Waals surface area contributed by atoms with E-state index >= 15 is 0 Å². The number of hydrogen-bond acceptors (Lipinski definition) is 5. The molecular weight excluding hydrogens is 274 g/mol. The van der Waals surface area contributed by atoms with Gasteiger partial charge in [-0.1, -0.05) is 0 Å². The standard InChI is InChI=1S/C13H19N5O3/c1-9(19)14-5-10-4-11-7-17(2-3-18(11)16-10)8-12-6-15-13(20)21-12/h4,12H,2-3,5-8H2,1H3,(H,14,19)(H,15,20). The number of carbonyl (C=O) groups excluding carboxylic acids is 2. The van der Waals surface area contributed by atoms with Gasteiger partial charge in [0.15, 0.2) is 0 Å². The zero-order valence-electron chi connectivity index (χ0n) is 12.0. The number of hydrogen-bond donors (Lipinski definition) is 2. The molecule has 3 heterocycles. The monoisotopic (exact) mass is 293 g/mol. The second-order valence-corrected chi connectivity index (χ2v) is 5.40. The Morgan fingerprint density at radius 1 is 1.57 bits per heavy atom. The first-order valence-corrected chi connectivity index (χ1v) is 7.07. The van der Waals surface area contributed by atoms with Crippen molar-refractivity contribution in [2.75, 3.05) is 19.6 Å². The minimum absolute atomic E-state index is 0.0573. The molecule has 1 atom stereocenters. The lowest BCUT2D eigenvalue weighted by atomic mass is 10.2. The fraction of sp³-hybridized carbons (Fsp3) is 0.615. The molecule has 1 saturated heterocycles. The molecule has 0 saturated carbocycles. The predicted octanol–water partition coefficient (Wildman–Crippen LogP) is -0.557. The van der Waals surface area contributed by atoms with E-state index in [4.69, 9.17) is 4.74 Å². The van der Waals surface area contributed by atoms with Crippen molar-refractivity contribution in [2.45, 2.75) is 32.7 Å². The van der Waals surface area contributed by atoms with Crippen molar-refractivity contribution in [3.63, 3.8) is 0 Å². The second-order valence-electron chi connectivity index (χ2n) is 5.40. The smallest absolute Gasteiger partial charge is 0.407 e. The maximum atomic E-state index is 11.0. The van der Waals surface area contributed by atoms with Crippen molar-refractivity contribution in [3.8, 4) is 0 Å². The highest BCUT2D eigenvalue weighted by Crippen LogP contribution is 2.15. The third-order valence-corrected chi connectivity index (χ3v) is 3.66. The average molecular weight is 293 g/mol. The van der Waals surface area contributed by atoms with Crippen LogP contribution in [0.5, 0.6) is 0 Å². The predicted molar refractivity (Wildman–Crippen MR) is 73.3 cm³/mol. The lowest BCUT2D eigenvalue weighted by Crippen LogP contribution is -2.39. The van der Waals surface area contributed by atoms with Crippen molar-refractivity contribution in [2.24, 2.45) is 0 Å². The van der Waals surface area contributed by atoms with Crippen LogP contribution in [0.4, 0.5) is 4.79 Å². The maximum Gasteiger partial charge on any atom is 0.407 e. The molecule has 2 N–H and O–H groups in total. The lowest BCUT2D eigenvalue weighted by molar-refractivity contribution is -0.119. The molecule has 0 aliphatic carbocycles. The van der Waals surface area contributed by atoms with Crippen LogP contribution in [-0.4, -0.2) is 52.4 Å². The van der Waals surface area contributed by atoms with Crippen LogP contribution in [0.25, 0.3) is 0 Å². The van der Waals surface area contributed by atoms with Gasteiger partial charge in [0.05, 0.1) is 31.0 Å². The van der Waals surface area contributed by atoms with Crippen LogP contribution < -0.4 is 10.6 Å². The Morgan fingerprint density at radius 2 is 2.43 bits per heavy atom. The Morgan fingerprint density at radius 3 is 3.14 bits per heavy atom. The minimum Gasteiger partial charge on any atom is -0.443 e. The number of carbonyl (C=O) groups is 2. The summed E-state index contributed by atoms with van der Waals surface area (Å²) < 4.78 is 7.14. The van der Waals surface area contributed by atoms with E-state index in [0.29, 0.717) is 13.1 Å². The van der Waals surface area contributed by atoms with Gasteiger partial charge in [-0.2, -0.15) is 5.10 Å². The highest BCUT2D eigenvalue weighted by molar-refractivity contribution is 5.72. The molecule has 2 aliphatic heterocycles. The number of fused-ring (bicyclic) bond motifs is 1. The van der Waals surface area contributed by atoms with E-state index in [1.165, 1.54) is 6.92 Å². The first-order valence-electron chi connectivity index (χ1n) is 7.07. The van der Waals surface area contributed by atoms with Crippen molar-refractivity contribution < 1.29 is 14.3 Å². The number of nitrogens with zero attached hydrogens (tertiary/aromatic N) is 3. The van der Waals surface area contributed by atoms with Gasteiger partial charge < -0.3 is 15.4 Å². The summed E-state index contributed by atoms with van der Waals surface area (Å²) in [5, 5.41) is 9.89. The molecule has 1 aromatic heterocycles. The summed E-state index contributed by atoms with van der Waals surface area (Å²) in [6.45, 7) is 5.72. The molecule has 1 unspecified atom stereocenters. The topological polar surface area (TPSA) is 88.5 Å². The van der Waals surface area contributed by atoms with Crippen LogP contribution in [0.2, 0.25) is 0 Å². The van der Waals surface area contributed by atoms with Gasteiger partial charge in [-0.25, -0.2) is 4.79 Å². The molecule has 2 aliphatic rings. The molecule has 0 spiro atoms. The number of ether oxygens (including phenoxy) is 1. The third-order valence-electron chi connectivity index (χ3n) is 3.66. The van der Waals surface area contributed by atoms with Crippen LogP contribution in [0, 0.1) is 0 Å². The number of rotatable bonds is 4. The van der Waals surface area contributed by atoms with Gasteiger partial charge >= 0.3 is 6.09 Å². The number of amides is 2. The van der Waals surface area contributed by atoms with E-state index in [1.54, 1.807) is 0 Å². The molecule has 0 aromatic carbocycles. The Bertz CT molecular complexity index is 556. The zero-order valence-corrected chi connectivity index (χ0v) is 12.0. The first kappa shape index (κ1) is 13.9. The van der Waals surface area contributed by atoms with Gasteiger partial charge in [-0.3, -0.25) is 14.4 Å². The Labute approximate surface area is 122 Å².